The zero-order valence-corrected chi connectivity index (χ0v) is 11.4. The minimum absolute atomic E-state index is 0.0268. The molecule has 1 aliphatic rings. The number of amides is 1. The number of rotatable bonds is 4. The van der Waals surface area contributed by atoms with Crippen molar-refractivity contribution < 1.29 is 13.9 Å². The van der Waals surface area contributed by atoms with Crippen molar-refractivity contribution in [1.82, 2.24) is 4.90 Å². The topological polar surface area (TPSA) is 53.3 Å². The summed E-state index contributed by atoms with van der Waals surface area (Å²) in [6.07, 6.45) is 0.866. The normalized spacial score (nSPS) is 18.1. The second-order valence-electron chi connectivity index (χ2n) is 4.87. The summed E-state index contributed by atoms with van der Waals surface area (Å²) in [4.78, 5) is 13.9. The van der Waals surface area contributed by atoms with Crippen molar-refractivity contribution in [2.24, 2.45) is 5.92 Å². The van der Waals surface area contributed by atoms with Crippen LogP contribution in [0.2, 0.25) is 0 Å². The second kappa shape index (κ2) is 6.49. The number of carbonyl (C=O) groups excluding carboxylic acids is 1. The van der Waals surface area contributed by atoms with E-state index in [-0.39, 0.29) is 11.5 Å². The lowest BCUT2D eigenvalue weighted by Crippen LogP contribution is -2.30. The number of hydrogen-bond donors (Lipinski definition) is 0. The average Bonchev–Trinajstić information content (AvgIpc) is 2.93. The van der Waals surface area contributed by atoms with Crippen LogP contribution in [0.5, 0.6) is 0 Å². The zero-order valence-electron chi connectivity index (χ0n) is 11.4. The molecule has 0 saturated carbocycles. The Hall–Kier alpha value is -1.93. The van der Waals surface area contributed by atoms with Gasteiger partial charge in [0, 0.05) is 25.6 Å². The Labute approximate surface area is 117 Å². The van der Waals surface area contributed by atoms with Crippen molar-refractivity contribution in [3.63, 3.8) is 0 Å². The van der Waals surface area contributed by atoms with Crippen molar-refractivity contribution in [2.45, 2.75) is 13.3 Å². The summed E-state index contributed by atoms with van der Waals surface area (Å²) < 4.78 is 19.1. The fraction of sp³-hybridized carbons (Fsp3) is 0.467. The molecular formula is C15H17FN2O2. The molecule has 0 aliphatic carbocycles. The van der Waals surface area contributed by atoms with Gasteiger partial charge >= 0.3 is 0 Å². The van der Waals surface area contributed by atoms with E-state index in [1.807, 2.05) is 13.0 Å². The van der Waals surface area contributed by atoms with Crippen LogP contribution in [0.15, 0.2) is 18.2 Å². The standard InChI is InChI=1S/C15H17FN2O2/c1-2-20-10-12-5-6-18(9-12)15(19)13-7-11(8-17)3-4-14(13)16/h3-4,7,12H,2,5-6,9-10H2,1H3/t12-/m1/s1. The largest absolute Gasteiger partial charge is 0.381 e. The van der Waals surface area contributed by atoms with Crippen LogP contribution in [0.4, 0.5) is 4.39 Å². The van der Waals surface area contributed by atoms with E-state index in [1.165, 1.54) is 18.2 Å². The van der Waals surface area contributed by atoms with Crippen molar-refractivity contribution in [3.8, 4) is 6.07 Å². The van der Waals surface area contributed by atoms with Crippen LogP contribution in [-0.4, -0.2) is 37.1 Å². The van der Waals surface area contributed by atoms with E-state index in [0.717, 1.165) is 6.42 Å². The Morgan fingerprint density at radius 2 is 2.40 bits per heavy atom. The number of carbonyl (C=O) groups is 1. The Morgan fingerprint density at radius 3 is 3.10 bits per heavy atom. The molecule has 0 unspecified atom stereocenters. The van der Waals surface area contributed by atoms with E-state index in [1.54, 1.807) is 4.90 Å². The number of halogens is 1. The Balaban J connectivity index is 2.07. The molecule has 0 aromatic heterocycles. The molecule has 1 fully saturated rings. The predicted octanol–water partition coefficient (Wildman–Crippen LogP) is 2.20. The van der Waals surface area contributed by atoms with Gasteiger partial charge in [-0.1, -0.05) is 0 Å². The highest BCUT2D eigenvalue weighted by atomic mass is 19.1. The van der Waals surface area contributed by atoms with E-state index >= 15 is 0 Å². The lowest BCUT2D eigenvalue weighted by atomic mass is 10.1. The molecule has 106 valence electrons. The highest BCUT2D eigenvalue weighted by Gasteiger charge is 2.28. The molecule has 2 rings (SSSR count). The SMILES string of the molecule is CCOC[C@@H]1CCN(C(=O)c2cc(C#N)ccc2F)C1. The summed E-state index contributed by atoms with van der Waals surface area (Å²) in [7, 11) is 0. The zero-order chi connectivity index (χ0) is 14.5. The third-order valence-corrected chi connectivity index (χ3v) is 3.46. The molecule has 0 N–H and O–H groups in total. The number of nitriles is 1. The van der Waals surface area contributed by atoms with Gasteiger partial charge in [-0.05, 0) is 31.5 Å². The molecule has 0 bridgehead atoms. The number of ether oxygens (including phenoxy) is 1. The summed E-state index contributed by atoms with van der Waals surface area (Å²) in [5.74, 6) is -0.623. The van der Waals surface area contributed by atoms with E-state index in [2.05, 4.69) is 0 Å². The predicted molar refractivity (Wildman–Crippen MR) is 71.6 cm³/mol. The van der Waals surface area contributed by atoms with Crippen molar-refractivity contribution in [3.05, 3.63) is 35.1 Å². The van der Waals surface area contributed by atoms with Gasteiger partial charge in [0.25, 0.3) is 5.91 Å². The highest BCUT2D eigenvalue weighted by molar-refractivity contribution is 5.95. The van der Waals surface area contributed by atoms with Crippen LogP contribution >= 0.6 is 0 Å². The van der Waals surface area contributed by atoms with E-state index in [9.17, 15) is 9.18 Å². The van der Waals surface area contributed by atoms with E-state index in [4.69, 9.17) is 10.00 Å². The quantitative estimate of drug-likeness (QED) is 0.847. The number of hydrogen-bond acceptors (Lipinski definition) is 3. The first-order valence-electron chi connectivity index (χ1n) is 6.72. The van der Waals surface area contributed by atoms with Gasteiger partial charge in [0.15, 0.2) is 0 Å². The van der Waals surface area contributed by atoms with E-state index < -0.39 is 5.82 Å². The van der Waals surface area contributed by atoms with Crippen molar-refractivity contribution in [2.75, 3.05) is 26.3 Å². The summed E-state index contributed by atoms with van der Waals surface area (Å²) >= 11 is 0. The first-order chi connectivity index (χ1) is 9.65. The molecule has 1 amide bonds. The maximum Gasteiger partial charge on any atom is 0.256 e. The monoisotopic (exact) mass is 276 g/mol. The lowest BCUT2D eigenvalue weighted by Gasteiger charge is -2.17. The maximum atomic E-state index is 13.7. The molecule has 1 atom stereocenters. The van der Waals surface area contributed by atoms with Crippen LogP contribution in [0.25, 0.3) is 0 Å². The molecule has 1 aromatic rings. The molecule has 1 aliphatic heterocycles. The van der Waals surface area contributed by atoms with Crippen LogP contribution in [-0.2, 0) is 4.74 Å². The minimum Gasteiger partial charge on any atom is -0.381 e. The number of likely N-dealkylation sites (tertiary alicyclic amines) is 1. The molecule has 1 aromatic carbocycles. The van der Waals surface area contributed by atoms with Gasteiger partial charge in [-0.15, -0.1) is 0 Å². The van der Waals surface area contributed by atoms with Crippen LogP contribution in [0.1, 0.15) is 29.3 Å². The number of benzene rings is 1. The van der Waals surface area contributed by atoms with Gasteiger partial charge < -0.3 is 9.64 Å². The minimum atomic E-state index is -0.581. The molecule has 5 heteroatoms. The summed E-state index contributed by atoms with van der Waals surface area (Å²) in [5.41, 5.74) is 0.265. The lowest BCUT2D eigenvalue weighted by molar-refractivity contribution is 0.0758. The van der Waals surface area contributed by atoms with Gasteiger partial charge in [-0.25, -0.2) is 4.39 Å². The Bertz CT molecular complexity index is 539. The summed E-state index contributed by atoms with van der Waals surface area (Å²) in [5, 5.41) is 8.83. The Morgan fingerprint density at radius 1 is 1.60 bits per heavy atom. The molecule has 1 saturated heterocycles. The second-order valence-corrected chi connectivity index (χ2v) is 4.87. The fourth-order valence-electron chi connectivity index (χ4n) is 2.37. The highest BCUT2D eigenvalue weighted by Crippen LogP contribution is 2.21. The van der Waals surface area contributed by atoms with Crippen LogP contribution in [0, 0.1) is 23.1 Å². The van der Waals surface area contributed by atoms with Crippen molar-refractivity contribution >= 4 is 5.91 Å². The summed E-state index contributed by atoms with van der Waals surface area (Å²) in [6.45, 7) is 4.40. The molecule has 20 heavy (non-hydrogen) atoms. The van der Waals surface area contributed by atoms with Gasteiger partial charge in [-0.2, -0.15) is 5.26 Å². The fourth-order valence-corrected chi connectivity index (χ4v) is 2.37. The first-order valence-corrected chi connectivity index (χ1v) is 6.72. The number of nitrogens with zero attached hydrogens (tertiary/aromatic N) is 2. The summed E-state index contributed by atoms with van der Waals surface area (Å²) in [6, 6.07) is 5.77. The van der Waals surface area contributed by atoms with Gasteiger partial charge in [0.05, 0.1) is 23.8 Å². The molecule has 1 heterocycles. The van der Waals surface area contributed by atoms with Gasteiger partial charge in [0.2, 0.25) is 0 Å². The maximum absolute atomic E-state index is 13.7. The smallest absolute Gasteiger partial charge is 0.256 e. The average molecular weight is 276 g/mol. The van der Waals surface area contributed by atoms with Gasteiger partial charge in [0.1, 0.15) is 5.82 Å². The van der Waals surface area contributed by atoms with E-state index in [0.29, 0.717) is 37.8 Å². The molecule has 4 nitrogen and oxygen atoms in total. The molecular weight excluding hydrogens is 259 g/mol. The third kappa shape index (κ3) is 3.14. The van der Waals surface area contributed by atoms with Crippen LogP contribution < -0.4 is 0 Å². The molecule has 0 spiro atoms. The van der Waals surface area contributed by atoms with Crippen LogP contribution in [0.3, 0.4) is 0 Å². The first kappa shape index (κ1) is 14.5. The third-order valence-electron chi connectivity index (χ3n) is 3.46. The van der Waals surface area contributed by atoms with Gasteiger partial charge in [-0.3, -0.25) is 4.79 Å². The molecule has 0 radical (unpaired) electrons. The Kier molecular flexibility index (Phi) is 4.70. The van der Waals surface area contributed by atoms with Crippen molar-refractivity contribution in [1.29, 1.82) is 5.26 Å².